The van der Waals surface area contributed by atoms with Crippen LogP contribution in [0.3, 0.4) is 0 Å². The third-order valence-corrected chi connectivity index (χ3v) is 2.92. The molecule has 0 spiro atoms. The van der Waals surface area contributed by atoms with E-state index in [0.29, 0.717) is 24.2 Å². The van der Waals surface area contributed by atoms with E-state index >= 15 is 0 Å². The van der Waals surface area contributed by atoms with Crippen molar-refractivity contribution in [1.82, 2.24) is 15.8 Å². The molecule has 0 aliphatic rings. The first-order valence-corrected chi connectivity index (χ1v) is 6.95. The van der Waals surface area contributed by atoms with Crippen LogP contribution in [0, 0.1) is 5.92 Å². The van der Waals surface area contributed by atoms with Crippen LogP contribution >= 0.6 is 0 Å². The maximum atomic E-state index is 11.1. The number of nitrogens with zero attached hydrogens (tertiary/aromatic N) is 1. The fraction of sp³-hybridized carbons (Fsp3) is 0.400. The molecule has 0 fully saturated rings. The molecule has 0 aliphatic heterocycles. The molecule has 0 radical (unpaired) electrons. The highest BCUT2D eigenvalue weighted by atomic mass is 16.5. The number of carbonyl (C=O) groups excluding carboxylic acids is 1. The van der Waals surface area contributed by atoms with E-state index in [0.717, 1.165) is 0 Å². The quantitative estimate of drug-likeness (QED) is 0.326. The lowest BCUT2D eigenvalue weighted by atomic mass is 10.0. The van der Waals surface area contributed by atoms with Crippen molar-refractivity contribution in [3.05, 3.63) is 35.7 Å². The highest BCUT2D eigenvalue weighted by Crippen LogP contribution is 2.07. The van der Waals surface area contributed by atoms with Crippen LogP contribution in [-0.4, -0.2) is 33.2 Å². The van der Waals surface area contributed by atoms with E-state index in [1.54, 1.807) is 18.3 Å². The average Bonchev–Trinajstić information content (AvgIpc) is 2.49. The van der Waals surface area contributed by atoms with Crippen LogP contribution in [0.1, 0.15) is 31.5 Å². The van der Waals surface area contributed by atoms with Crippen molar-refractivity contribution in [2.24, 2.45) is 5.92 Å². The van der Waals surface area contributed by atoms with Crippen molar-refractivity contribution < 1.29 is 19.9 Å². The van der Waals surface area contributed by atoms with E-state index in [-0.39, 0.29) is 5.92 Å². The van der Waals surface area contributed by atoms with Gasteiger partial charge in [0.1, 0.15) is 6.04 Å². The van der Waals surface area contributed by atoms with Gasteiger partial charge in [-0.05, 0) is 30.0 Å². The van der Waals surface area contributed by atoms with Gasteiger partial charge in [0.15, 0.2) is 0 Å². The normalized spacial score (nSPS) is 12.5. The lowest BCUT2D eigenvalue weighted by Crippen LogP contribution is -2.37. The van der Waals surface area contributed by atoms with Crippen molar-refractivity contribution in [3.8, 4) is 0 Å². The number of aliphatic carboxylic acids is 1. The van der Waals surface area contributed by atoms with E-state index in [4.69, 9.17) is 10.3 Å². The van der Waals surface area contributed by atoms with Gasteiger partial charge in [-0.1, -0.05) is 19.9 Å². The fourth-order valence-corrected chi connectivity index (χ4v) is 1.82. The second kappa shape index (κ2) is 8.91. The maximum absolute atomic E-state index is 11.1. The molecule has 120 valence electrons. The second-order valence-corrected chi connectivity index (χ2v) is 5.29. The molecular weight excluding hydrogens is 286 g/mol. The highest BCUT2D eigenvalue weighted by molar-refractivity contribution is 5.90. The number of hydrogen-bond donors (Lipinski definition) is 4. The number of hydrogen-bond acceptors (Lipinski definition) is 5. The number of carbonyl (C=O) groups is 2. The molecule has 0 saturated carbocycles. The summed E-state index contributed by atoms with van der Waals surface area (Å²) in [7, 11) is 0. The van der Waals surface area contributed by atoms with Gasteiger partial charge in [-0.25, -0.2) is 5.48 Å². The van der Waals surface area contributed by atoms with E-state index in [2.05, 4.69) is 10.3 Å². The molecule has 1 aromatic rings. The fourth-order valence-electron chi connectivity index (χ4n) is 1.82. The smallest absolute Gasteiger partial charge is 0.320 e. The standard InChI is InChI=1S/C15H21N3O4/c1-10(2)7-13(15(20)21)17-9-12-5-3-11(8-16-12)4-6-14(19)18-22/h3-6,8,10,13,17,22H,7,9H2,1-2H3,(H,18,19)(H,20,21)/b6-4+/t13-/m1/s1. The molecule has 1 amide bonds. The van der Waals surface area contributed by atoms with Gasteiger partial charge in [-0.15, -0.1) is 0 Å². The Morgan fingerprint density at radius 1 is 1.36 bits per heavy atom. The molecule has 0 saturated heterocycles. The number of pyridine rings is 1. The van der Waals surface area contributed by atoms with E-state index < -0.39 is 17.9 Å². The summed E-state index contributed by atoms with van der Waals surface area (Å²) < 4.78 is 0. The molecule has 1 rings (SSSR count). The number of amides is 1. The zero-order valence-corrected chi connectivity index (χ0v) is 12.6. The molecular formula is C15H21N3O4. The topological polar surface area (TPSA) is 112 Å². The molecule has 0 aromatic carbocycles. The number of rotatable bonds is 8. The predicted molar refractivity (Wildman–Crippen MR) is 80.9 cm³/mol. The van der Waals surface area contributed by atoms with Gasteiger partial charge < -0.3 is 5.11 Å². The summed E-state index contributed by atoms with van der Waals surface area (Å²) >= 11 is 0. The minimum atomic E-state index is -0.872. The van der Waals surface area contributed by atoms with E-state index in [1.165, 1.54) is 17.6 Å². The molecule has 0 aliphatic carbocycles. The van der Waals surface area contributed by atoms with Crippen LogP contribution in [0.5, 0.6) is 0 Å². The summed E-state index contributed by atoms with van der Waals surface area (Å²) in [4.78, 5) is 26.2. The Kier molecular flexibility index (Phi) is 7.21. The summed E-state index contributed by atoms with van der Waals surface area (Å²) in [5.74, 6) is -1.21. The number of carboxylic acid groups (broad SMARTS) is 1. The lowest BCUT2D eigenvalue weighted by Gasteiger charge is -2.16. The van der Waals surface area contributed by atoms with Gasteiger partial charge in [-0.3, -0.25) is 25.1 Å². The van der Waals surface area contributed by atoms with Gasteiger partial charge in [-0.2, -0.15) is 0 Å². The first-order valence-electron chi connectivity index (χ1n) is 6.95. The molecule has 1 heterocycles. The Balaban J connectivity index is 2.58. The molecule has 0 bridgehead atoms. The largest absolute Gasteiger partial charge is 0.480 e. The van der Waals surface area contributed by atoms with Crippen molar-refractivity contribution in [2.75, 3.05) is 0 Å². The van der Waals surface area contributed by atoms with Gasteiger partial charge >= 0.3 is 5.97 Å². The number of aromatic nitrogens is 1. The van der Waals surface area contributed by atoms with Crippen LogP contribution < -0.4 is 10.8 Å². The average molecular weight is 307 g/mol. The number of nitrogens with one attached hydrogen (secondary N) is 2. The maximum Gasteiger partial charge on any atom is 0.320 e. The Morgan fingerprint density at radius 2 is 2.09 bits per heavy atom. The minimum absolute atomic E-state index is 0.284. The van der Waals surface area contributed by atoms with Crippen molar-refractivity contribution >= 4 is 18.0 Å². The van der Waals surface area contributed by atoms with E-state index in [9.17, 15) is 9.59 Å². The summed E-state index contributed by atoms with van der Waals surface area (Å²) in [6.07, 6.45) is 4.80. The number of carboxylic acids is 1. The molecule has 7 heteroatoms. The zero-order valence-electron chi connectivity index (χ0n) is 12.6. The van der Waals surface area contributed by atoms with Gasteiger partial charge in [0.2, 0.25) is 0 Å². The summed E-state index contributed by atoms with van der Waals surface area (Å²) in [5.41, 5.74) is 2.90. The van der Waals surface area contributed by atoms with Crippen LogP contribution in [0.2, 0.25) is 0 Å². The number of hydroxylamine groups is 1. The zero-order chi connectivity index (χ0) is 16.5. The Morgan fingerprint density at radius 3 is 2.59 bits per heavy atom. The van der Waals surface area contributed by atoms with Crippen molar-refractivity contribution in [3.63, 3.8) is 0 Å². The van der Waals surface area contributed by atoms with Gasteiger partial charge in [0, 0.05) is 18.8 Å². The van der Waals surface area contributed by atoms with Crippen LogP contribution in [-0.2, 0) is 16.1 Å². The Labute approximate surface area is 129 Å². The monoisotopic (exact) mass is 307 g/mol. The first-order chi connectivity index (χ1) is 10.4. The molecule has 1 aromatic heterocycles. The Hall–Kier alpha value is -2.25. The predicted octanol–water partition coefficient (Wildman–Crippen LogP) is 1.19. The molecule has 4 N–H and O–H groups in total. The summed E-state index contributed by atoms with van der Waals surface area (Å²) in [6.45, 7) is 4.30. The summed E-state index contributed by atoms with van der Waals surface area (Å²) in [5, 5.41) is 20.5. The first kappa shape index (κ1) is 17.8. The van der Waals surface area contributed by atoms with Crippen LogP contribution in [0.15, 0.2) is 24.4 Å². The molecule has 0 unspecified atom stereocenters. The highest BCUT2D eigenvalue weighted by Gasteiger charge is 2.17. The SMILES string of the molecule is CC(C)C[C@@H](NCc1ccc(/C=C/C(=O)NO)cn1)C(=O)O. The molecule has 22 heavy (non-hydrogen) atoms. The van der Waals surface area contributed by atoms with E-state index in [1.807, 2.05) is 13.8 Å². The minimum Gasteiger partial charge on any atom is -0.480 e. The lowest BCUT2D eigenvalue weighted by molar-refractivity contribution is -0.140. The Bertz CT molecular complexity index is 526. The van der Waals surface area contributed by atoms with Crippen LogP contribution in [0.25, 0.3) is 6.08 Å². The third-order valence-electron chi connectivity index (χ3n) is 2.92. The van der Waals surface area contributed by atoms with Crippen molar-refractivity contribution in [2.45, 2.75) is 32.9 Å². The van der Waals surface area contributed by atoms with Crippen molar-refractivity contribution in [1.29, 1.82) is 0 Å². The van der Waals surface area contributed by atoms with Gasteiger partial charge in [0.25, 0.3) is 5.91 Å². The summed E-state index contributed by atoms with van der Waals surface area (Å²) in [6, 6.07) is 2.90. The molecule has 7 nitrogen and oxygen atoms in total. The molecule has 1 atom stereocenters. The van der Waals surface area contributed by atoms with Crippen LogP contribution in [0.4, 0.5) is 0 Å². The van der Waals surface area contributed by atoms with Gasteiger partial charge in [0.05, 0.1) is 5.69 Å². The third kappa shape index (κ3) is 6.47. The second-order valence-electron chi connectivity index (χ2n) is 5.29.